The lowest BCUT2D eigenvalue weighted by atomic mass is 9.83. The fourth-order valence-corrected chi connectivity index (χ4v) is 8.10. The number of hydrogen-bond acceptors (Lipinski definition) is 8. The number of hydrogen-bond donors (Lipinski definition) is 2. The molecule has 0 aliphatic carbocycles. The minimum absolute atomic E-state index is 0.214. The van der Waals surface area contributed by atoms with Gasteiger partial charge in [-0.25, -0.2) is 4.90 Å². The minimum Gasteiger partial charge on any atom is -0.493 e. The molecule has 1 fully saturated rings. The number of ether oxygens (including phenoxy) is 2. The van der Waals surface area contributed by atoms with Gasteiger partial charge in [0.2, 0.25) is 11.8 Å². The zero-order chi connectivity index (χ0) is 32.0. The predicted molar refractivity (Wildman–Crippen MR) is 162 cm³/mol. The molecular formula is C31H24F3N3O6S2. The molecule has 2 N–H and O–H groups in total. The number of H-pyrrole nitrogens is 1. The van der Waals surface area contributed by atoms with Crippen LogP contribution in [0.4, 0.5) is 24.5 Å². The van der Waals surface area contributed by atoms with E-state index in [1.807, 2.05) is 25.1 Å². The molecule has 9 nitrogen and oxygen atoms in total. The summed E-state index contributed by atoms with van der Waals surface area (Å²) < 4.78 is 52.9. The summed E-state index contributed by atoms with van der Waals surface area (Å²) in [5.74, 6) is -3.55. The zero-order valence-electron chi connectivity index (χ0n) is 23.6. The number of rotatable bonds is 7. The Bertz CT molecular complexity index is 1890. The summed E-state index contributed by atoms with van der Waals surface area (Å²) in [5, 5.41) is 2.03. The van der Waals surface area contributed by atoms with Crippen molar-refractivity contribution in [2.45, 2.75) is 29.3 Å². The Kier molecular flexibility index (Phi) is 7.95. The van der Waals surface area contributed by atoms with Crippen molar-refractivity contribution in [2.24, 2.45) is 5.92 Å². The van der Waals surface area contributed by atoms with Crippen LogP contribution in [0.2, 0.25) is 0 Å². The van der Waals surface area contributed by atoms with Crippen LogP contribution in [0.3, 0.4) is 0 Å². The van der Waals surface area contributed by atoms with E-state index in [4.69, 9.17) is 9.47 Å². The number of carbonyl (C=O) groups excluding carboxylic acids is 3. The molecule has 3 heterocycles. The second-order valence-corrected chi connectivity index (χ2v) is 12.6. The number of para-hydroxylation sites is 1. The highest BCUT2D eigenvalue weighted by molar-refractivity contribution is 8.00. The lowest BCUT2D eigenvalue weighted by Crippen LogP contribution is -2.33. The third-order valence-electron chi connectivity index (χ3n) is 7.48. The highest BCUT2D eigenvalue weighted by Gasteiger charge is 2.57. The van der Waals surface area contributed by atoms with Gasteiger partial charge in [-0.05, 0) is 54.4 Å². The molecule has 14 heteroatoms. The highest BCUT2D eigenvalue weighted by atomic mass is 32.2. The first-order valence-electron chi connectivity index (χ1n) is 13.6. The van der Waals surface area contributed by atoms with E-state index in [1.54, 1.807) is 18.2 Å². The summed E-state index contributed by atoms with van der Waals surface area (Å²) in [7, 11) is 1.39. The second-order valence-electron chi connectivity index (χ2n) is 10.4. The molecule has 0 spiro atoms. The standard InChI is InChI=1S/C31H24F3N3O6S2/c1-15-6-5-7-17(12-15)35-22(38)14-43-20-11-10-16(13-21(20)42-2)23-24-26(44-27-25(23)45-30(41)36-27)29(40)37(28(24)39)19-9-4-3-8-18(19)31(32,33)34/h3-13,23-24,26H,14H2,1-2H3,(H,35,38)(H,36,41)/t23-,24?,26?/m1/s1. The summed E-state index contributed by atoms with van der Waals surface area (Å²) in [6.07, 6.45) is -4.80. The number of alkyl halides is 3. The van der Waals surface area contributed by atoms with Gasteiger partial charge >= 0.3 is 11.0 Å². The van der Waals surface area contributed by atoms with E-state index in [0.717, 1.165) is 40.8 Å². The van der Waals surface area contributed by atoms with Crippen LogP contribution < -0.4 is 24.6 Å². The largest absolute Gasteiger partial charge is 0.493 e. The van der Waals surface area contributed by atoms with Crippen molar-refractivity contribution in [1.29, 1.82) is 0 Å². The van der Waals surface area contributed by atoms with E-state index in [2.05, 4.69) is 10.3 Å². The summed E-state index contributed by atoms with van der Waals surface area (Å²) in [6, 6.07) is 16.4. The van der Waals surface area contributed by atoms with Gasteiger partial charge in [0.1, 0.15) is 5.25 Å². The van der Waals surface area contributed by atoms with Crippen LogP contribution in [0, 0.1) is 12.8 Å². The highest BCUT2D eigenvalue weighted by Crippen LogP contribution is 2.54. The van der Waals surface area contributed by atoms with E-state index >= 15 is 0 Å². The fourth-order valence-electron chi connectivity index (χ4n) is 5.58. The first-order valence-corrected chi connectivity index (χ1v) is 15.3. The Balaban J connectivity index is 1.32. The number of fused-ring (bicyclic) bond motifs is 2. The number of halogens is 3. The molecule has 2 aliphatic rings. The van der Waals surface area contributed by atoms with Gasteiger partial charge in [0, 0.05) is 16.5 Å². The van der Waals surface area contributed by atoms with Gasteiger partial charge in [-0.1, -0.05) is 53.4 Å². The topological polar surface area (TPSA) is 118 Å². The van der Waals surface area contributed by atoms with Crippen molar-refractivity contribution < 1.29 is 37.0 Å². The van der Waals surface area contributed by atoms with Gasteiger partial charge in [0.05, 0.1) is 29.3 Å². The summed E-state index contributed by atoms with van der Waals surface area (Å²) >= 11 is 1.82. The molecule has 6 rings (SSSR count). The molecule has 3 amide bonds. The van der Waals surface area contributed by atoms with Crippen molar-refractivity contribution in [2.75, 3.05) is 23.9 Å². The van der Waals surface area contributed by atoms with Crippen LogP contribution in [0.5, 0.6) is 11.5 Å². The van der Waals surface area contributed by atoms with E-state index in [9.17, 15) is 32.3 Å². The maximum absolute atomic E-state index is 13.9. The third kappa shape index (κ3) is 5.71. The van der Waals surface area contributed by atoms with Gasteiger partial charge in [-0.2, -0.15) is 13.2 Å². The molecule has 3 aromatic carbocycles. The number of amides is 3. The molecule has 2 aliphatic heterocycles. The number of aryl methyl sites for hydroxylation is 1. The Morgan fingerprint density at radius 1 is 1.00 bits per heavy atom. The van der Waals surface area contributed by atoms with Crippen LogP contribution in [-0.4, -0.2) is 41.7 Å². The van der Waals surface area contributed by atoms with Crippen molar-refractivity contribution in [1.82, 2.24) is 4.98 Å². The number of methoxy groups -OCH3 is 1. The monoisotopic (exact) mass is 655 g/mol. The summed E-state index contributed by atoms with van der Waals surface area (Å²) in [5.41, 5.74) is 0.405. The van der Waals surface area contributed by atoms with Crippen LogP contribution in [0.1, 0.15) is 27.5 Å². The van der Waals surface area contributed by atoms with E-state index in [-0.39, 0.29) is 18.1 Å². The van der Waals surface area contributed by atoms with Crippen molar-refractivity contribution in [3.05, 3.63) is 98.0 Å². The third-order valence-corrected chi connectivity index (χ3v) is 9.88. The first-order chi connectivity index (χ1) is 21.5. The van der Waals surface area contributed by atoms with Crippen molar-refractivity contribution in [3.8, 4) is 11.5 Å². The smallest absolute Gasteiger partial charge is 0.418 e. The molecule has 2 unspecified atom stereocenters. The number of aromatic nitrogens is 1. The van der Waals surface area contributed by atoms with Crippen LogP contribution in [0.15, 0.2) is 76.6 Å². The first kappa shape index (κ1) is 30.5. The van der Waals surface area contributed by atoms with Crippen LogP contribution >= 0.6 is 23.1 Å². The van der Waals surface area contributed by atoms with E-state index < -0.39 is 57.1 Å². The number of thioether (sulfide) groups is 1. The summed E-state index contributed by atoms with van der Waals surface area (Å²) in [6.45, 7) is 1.56. The van der Waals surface area contributed by atoms with E-state index in [0.29, 0.717) is 26.1 Å². The Hall–Kier alpha value is -4.56. The molecule has 0 saturated carbocycles. The van der Waals surface area contributed by atoms with Gasteiger partial charge in [0.15, 0.2) is 18.1 Å². The van der Waals surface area contributed by atoms with Crippen LogP contribution in [0.25, 0.3) is 0 Å². The minimum atomic E-state index is -4.80. The van der Waals surface area contributed by atoms with Gasteiger partial charge in [0.25, 0.3) is 5.91 Å². The van der Waals surface area contributed by atoms with Crippen molar-refractivity contribution >= 4 is 52.2 Å². The normalized spacial score (nSPS) is 19.2. The lowest BCUT2D eigenvalue weighted by molar-refractivity contribution is -0.137. The molecule has 1 saturated heterocycles. The average molecular weight is 656 g/mol. The fraction of sp³-hybridized carbons (Fsp3) is 0.226. The molecule has 0 bridgehead atoms. The molecule has 45 heavy (non-hydrogen) atoms. The van der Waals surface area contributed by atoms with Crippen molar-refractivity contribution in [3.63, 3.8) is 0 Å². The number of nitrogens with zero attached hydrogens (tertiary/aromatic N) is 1. The molecular weight excluding hydrogens is 631 g/mol. The average Bonchev–Trinajstić information content (AvgIpc) is 3.49. The molecule has 232 valence electrons. The van der Waals surface area contributed by atoms with Gasteiger partial charge < -0.3 is 19.8 Å². The molecule has 3 atom stereocenters. The van der Waals surface area contributed by atoms with Gasteiger partial charge in [-0.3, -0.25) is 19.2 Å². The summed E-state index contributed by atoms with van der Waals surface area (Å²) in [4.78, 5) is 55.9. The Labute approximate surface area is 262 Å². The molecule has 1 aromatic heterocycles. The maximum Gasteiger partial charge on any atom is 0.418 e. The number of nitrogens with one attached hydrogen (secondary N) is 2. The second kappa shape index (κ2) is 11.7. The number of thiazole rings is 1. The van der Waals surface area contributed by atoms with Crippen LogP contribution in [-0.2, 0) is 20.6 Å². The molecule has 0 radical (unpaired) electrons. The molecule has 4 aromatic rings. The number of benzene rings is 3. The quantitative estimate of drug-likeness (QED) is 0.250. The lowest BCUT2D eigenvalue weighted by Gasteiger charge is -2.30. The number of anilines is 2. The number of carbonyl (C=O) groups is 3. The maximum atomic E-state index is 13.9. The Morgan fingerprint density at radius 2 is 1.78 bits per heavy atom. The number of aromatic amines is 1. The van der Waals surface area contributed by atoms with E-state index in [1.165, 1.54) is 25.3 Å². The van der Waals surface area contributed by atoms with Gasteiger partial charge in [-0.15, -0.1) is 0 Å². The Morgan fingerprint density at radius 3 is 2.51 bits per heavy atom. The zero-order valence-corrected chi connectivity index (χ0v) is 25.3. The SMILES string of the molecule is COc1cc([C@H]2c3sc(=O)[nH]c3SC3C(=O)N(c4ccccc4C(F)(F)F)C(=O)C32)ccc1OCC(=O)Nc1cccc(C)c1. The predicted octanol–water partition coefficient (Wildman–Crippen LogP) is 5.59. The number of imide groups is 1.